The average molecular weight is 527 g/mol. The van der Waals surface area contributed by atoms with E-state index in [0.717, 1.165) is 23.1 Å². The molecule has 0 unspecified atom stereocenters. The van der Waals surface area contributed by atoms with Crippen molar-refractivity contribution in [3.05, 3.63) is 53.6 Å². The largest absolute Gasteiger partial charge is 0.396 e. The van der Waals surface area contributed by atoms with Crippen LogP contribution < -0.4 is 5.73 Å². The Bertz CT molecular complexity index is 1320. The first-order valence-corrected chi connectivity index (χ1v) is 13.9. The molecule has 37 heavy (non-hydrogen) atoms. The summed E-state index contributed by atoms with van der Waals surface area (Å²) in [7, 11) is -2.02. The second-order valence-corrected chi connectivity index (χ2v) is 11.3. The van der Waals surface area contributed by atoms with E-state index in [2.05, 4.69) is 4.99 Å². The first-order chi connectivity index (χ1) is 17.8. The van der Waals surface area contributed by atoms with Crippen LogP contribution in [0, 0.1) is 5.92 Å². The Balaban J connectivity index is 1.62. The predicted octanol–water partition coefficient (Wildman–Crippen LogP) is 2.63. The Kier molecular flexibility index (Phi) is 8.43. The zero-order valence-electron chi connectivity index (χ0n) is 21.3. The summed E-state index contributed by atoms with van der Waals surface area (Å²) in [5, 5.41) is 9.23. The van der Waals surface area contributed by atoms with E-state index in [1.165, 1.54) is 4.31 Å². The number of fused-ring (bicyclic) bond motifs is 1. The maximum Gasteiger partial charge on any atom is 0.250 e. The van der Waals surface area contributed by atoms with Crippen LogP contribution in [0.5, 0.6) is 0 Å². The Labute approximate surface area is 218 Å². The molecule has 0 saturated carbocycles. The van der Waals surface area contributed by atoms with Crippen LogP contribution in [0.1, 0.15) is 25.3 Å². The standard InChI is InChI=1S/C27H34N4O5S/c1-3-9-30(10-11-36-2)27(33)23-12-22-8-7-21(14-25(22)29-26(28)15-23)20-5-4-6-24(13-20)37(34,35)31-16-19(17-31)18-32/h4-8,12-14,19,32H,3,9-11,15-18H2,1-2H3,(H2,28,29). The zero-order chi connectivity index (χ0) is 26.6. The summed E-state index contributed by atoms with van der Waals surface area (Å²) >= 11 is 0. The van der Waals surface area contributed by atoms with E-state index in [4.69, 9.17) is 10.5 Å². The monoisotopic (exact) mass is 526 g/mol. The number of hydrogen-bond donors (Lipinski definition) is 2. The molecule has 2 aliphatic rings. The third-order valence-electron chi connectivity index (χ3n) is 6.60. The topological polar surface area (TPSA) is 126 Å². The van der Waals surface area contributed by atoms with Gasteiger partial charge in [-0.05, 0) is 41.8 Å². The van der Waals surface area contributed by atoms with Crippen LogP contribution in [0.2, 0.25) is 0 Å². The first kappa shape index (κ1) is 27.0. The maximum atomic E-state index is 13.3. The second-order valence-electron chi connectivity index (χ2n) is 9.41. The summed E-state index contributed by atoms with van der Waals surface area (Å²) in [6.07, 6.45) is 2.91. The lowest BCUT2D eigenvalue weighted by molar-refractivity contribution is -0.127. The number of carbonyl (C=O) groups is 1. The molecule has 9 nitrogen and oxygen atoms in total. The number of carbonyl (C=O) groups excluding carboxylic acids is 1. The molecule has 3 N–H and O–H groups in total. The minimum Gasteiger partial charge on any atom is -0.396 e. The zero-order valence-corrected chi connectivity index (χ0v) is 22.1. The molecule has 1 fully saturated rings. The predicted molar refractivity (Wildman–Crippen MR) is 144 cm³/mol. The lowest BCUT2D eigenvalue weighted by atomic mass is 10.0. The number of sulfonamides is 1. The summed E-state index contributed by atoms with van der Waals surface area (Å²) < 4.78 is 32.5. The van der Waals surface area contributed by atoms with Crippen LogP contribution in [0.3, 0.4) is 0 Å². The Hall–Kier alpha value is -3.05. The molecule has 1 saturated heterocycles. The van der Waals surface area contributed by atoms with Crippen LogP contribution >= 0.6 is 0 Å². The highest BCUT2D eigenvalue weighted by molar-refractivity contribution is 7.89. The second kappa shape index (κ2) is 11.6. The quantitative estimate of drug-likeness (QED) is 0.490. The molecule has 10 heteroatoms. The van der Waals surface area contributed by atoms with E-state index in [0.29, 0.717) is 49.9 Å². The molecule has 0 bridgehead atoms. The number of nitrogens with two attached hydrogens (primary N) is 1. The van der Waals surface area contributed by atoms with E-state index in [1.54, 1.807) is 30.2 Å². The van der Waals surface area contributed by atoms with Crippen molar-refractivity contribution in [1.82, 2.24) is 9.21 Å². The summed E-state index contributed by atoms with van der Waals surface area (Å²) in [5.74, 6) is 0.247. The van der Waals surface area contributed by atoms with Crippen molar-refractivity contribution < 1.29 is 23.1 Å². The normalized spacial score (nSPS) is 16.3. The van der Waals surface area contributed by atoms with Crippen molar-refractivity contribution in [1.29, 1.82) is 0 Å². The third kappa shape index (κ3) is 5.93. The summed E-state index contributed by atoms with van der Waals surface area (Å²) in [6, 6.07) is 12.4. The first-order valence-electron chi connectivity index (χ1n) is 12.4. The number of hydrogen-bond acceptors (Lipinski definition) is 7. The fourth-order valence-corrected chi connectivity index (χ4v) is 6.16. The molecule has 2 aromatic carbocycles. The molecule has 2 heterocycles. The maximum absolute atomic E-state index is 13.3. The highest BCUT2D eigenvalue weighted by Crippen LogP contribution is 2.34. The number of nitrogens with zero attached hydrogens (tertiary/aromatic N) is 3. The minimum atomic E-state index is -3.63. The summed E-state index contributed by atoms with van der Waals surface area (Å²) in [4.78, 5) is 19.8. The Morgan fingerprint density at radius 2 is 1.95 bits per heavy atom. The van der Waals surface area contributed by atoms with E-state index in [1.807, 2.05) is 37.3 Å². The van der Waals surface area contributed by atoms with Crippen molar-refractivity contribution in [3.8, 4) is 11.1 Å². The van der Waals surface area contributed by atoms with Crippen molar-refractivity contribution in [2.45, 2.75) is 24.7 Å². The third-order valence-corrected chi connectivity index (χ3v) is 8.43. The van der Waals surface area contributed by atoms with Gasteiger partial charge in [-0.1, -0.05) is 31.2 Å². The number of methoxy groups -OCH3 is 1. The van der Waals surface area contributed by atoms with E-state index in [-0.39, 0.29) is 29.7 Å². The summed E-state index contributed by atoms with van der Waals surface area (Å²) in [5.41, 5.74) is 9.70. The summed E-state index contributed by atoms with van der Waals surface area (Å²) in [6.45, 7) is 4.24. The highest BCUT2D eigenvalue weighted by Gasteiger charge is 2.36. The SMILES string of the molecule is CCCN(CCOC)C(=O)C1=Cc2ccc(-c3cccc(S(=O)(=O)N4CC(CO)C4)c3)cc2N=C(N)C1. The van der Waals surface area contributed by atoms with E-state index < -0.39 is 10.0 Å². The van der Waals surface area contributed by atoms with Gasteiger partial charge in [-0.15, -0.1) is 0 Å². The van der Waals surface area contributed by atoms with Crippen LogP contribution in [0.25, 0.3) is 17.2 Å². The Morgan fingerprint density at radius 3 is 2.65 bits per heavy atom. The van der Waals surface area contributed by atoms with Crippen LogP contribution in [-0.4, -0.2) is 81.0 Å². The van der Waals surface area contributed by atoms with Gasteiger partial charge in [-0.2, -0.15) is 4.31 Å². The lowest BCUT2D eigenvalue weighted by Crippen LogP contribution is -2.51. The molecular formula is C27H34N4O5S. The van der Waals surface area contributed by atoms with Crippen molar-refractivity contribution in [3.63, 3.8) is 0 Å². The van der Waals surface area contributed by atoms with Gasteiger partial charge in [0.1, 0.15) is 5.84 Å². The number of aliphatic hydroxyl groups is 1. The van der Waals surface area contributed by atoms with E-state index >= 15 is 0 Å². The van der Waals surface area contributed by atoms with Crippen LogP contribution in [0.4, 0.5) is 5.69 Å². The molecule has 0 radical (unpaired) electrons. The van der Waals surface area contributed by atoms with E-state index in [9.17, 15) is 18.3 Å². The van der Waals surface area contributed by atoms with Crippen LogP contribution in [-0.2, 0) is 19.6 Å². The van der Waals surface area contributed by atoms with Gasteiger partial charge in [0, 0.05) is 63.4 Å². The van der Waals surface area contributed by atoms with Gasteiger partial charge >= 0.3 is 0 Å². The van der Waals surface area contributed by atoms with Crippen LogP contribution in [0.15, 0.2) is 57.9 Å². The molecular weight excluding hydrogens is 492 g/mol. The molecule has 2 aromatic rings. The number of benzene rings is 2. The number of rotatable bonds is 10. The van der Waals surface area contributed by atoms with Gasteiger partial charge in [0.2, 0.25) is 15.9 Å². The average Bonchev–Trinajstić information content (AvgIpc) is 3.02. The number of amidine groups is 1. The van der Waals surface area contributed by atoms with Gasteiger partial charge in [-0.25, -0.2) is 13.4 Å². The molecule has 2 aliphatic heterocycles. The number of ether oxygens (including phenoxy) is 1. The molecule has 198 valence electrons. The smallest absolute Gasteiger partial charge is 0.250 e. The fourth-order valence-electron chi connectivity index (χ4n) is 4.52. The number of aliphatic imine (C=N–C) groups is 1. The van der Waals surface area contributed by atoms with Gasteiger partial charge in [-0.3, -0.25) is 4.79 Å². The van der Waals surface area contributed by atoms with Gasteiger partial charge in [0.15, 0.2) is 0 Å². The van der Waals surface area contributed by atoms with Gasteiger partial charge < -0.3 is 20.5 Å². The van der Waals surface area contributed by atoms with Gasteiger partial charge in [0.25, 0.3) is 0 Å². The highest BCUT2D eigenvalue weighted by atomic mass is 32.2. The number of aliphatic hydroxyl groups excluding tert-OH is 1. The lowest BCUT2D eigenvalue weighted by Gasteiger charge is -2.36. The van der Waals surface area contributed by atoms with Crippen molar-refractivity contribution in [2.24, 2.45) is 16.6 Å². The molecule has 0 spiro atoms. The van der Waals surface area contributed by atoms with Crippen molar-refractivity contribution in [2.75, 3.05) is 46.5 Å². The molecule has 0 atom stereocenters. The van der Waals surface area contributed by atoms with Gasteiger partial charge in [0.05, 0.1) is 17.2 Å². The number of amides is 1. The fraction of sp³-hybridized carbons (Fsp3) is 0.407. The molecule has 0 aliphatic carbocycles. The molecule has 1 amide bonds. The van der Waals surface area contributed by atoms with Crippen molar-refractivity contribution >= 4 is 33.5 Å². The molecule has 4 rings (SSSR count). The minimum absolute atomic E-state index is 0.00952. The molecule has 0 aromatic heterocycles. The Morgan fingerprint density at radius 1 is 1.19 bits per heavy atom.